The Morgan fingerprint density at radius 1 is 0.970 bits per heavy atom. The maximum Gasteiger partial charge on any atom is 0.243 e. The maximum absolute atomic E-state index is 14.1. The van der Waals surface area contributed by atoms with E-state index in [0.29, 0.717) is 0 Å². The zero-order chi connectivity index (χ0) is 24.2. The van der Waals surface area contributed by atoms with E-state index in [2.05, 4.69) is 0 Å². The molecule has 1 heterocycles. The van der Waals surface area contributed by atoms with Crippen molar-refractivity contribution in [1.29, 1.82) is 0 Å². The van der Waals surface area contributed by atoms with Gasteiger partial charge in [-0.25, -0.2) is 21.2 Å². The van der Waals surface area contributed by atoms with Gasteiger partial charge in [0.25, 0.3) is 0 Å². The number of halogens is 1. The van der Waals surface area contributed by atoms with E-state index >= 15 is 0 Å². The van der Waals surface area contributed by atoms with Crippen LogP contribution in [0.1, 0.15) is 18.4 Å². The fraction of sp³-hybridized carbons (Fsp3) is 0.409. The number of nitrogens with zero attached hydrogens (tertiary/aromatic N) is 3. The van der Waals surface area contributed by atoms with Crippen LogP contribution >= 0.6 is 0 Å². The molecule has 0 N–H and O–H groups in total. The van der Waals surface area contributed by atoms with Gasteiger partial charge in [0.1, 0.15) is 5.82 Å². The summed E-state index contributed by atoms with van der Waals surface area (Å²) in [7, 11) is -7.34. The highest BCUT2D eigenvalue weighted by Crippen LogP contribution is 2.22. The number of anilines is 1. The third kappa shape index (κ3) is 6.10. The van der Waals surface area contributed by atoms with Crippen molar-refractivity contribution in [3.8, 4) is 0 Å². The number of benzene rings is 2. The molecule has 1 aliphatic rings. The molecule has 180 valence electrons. The predicted molar refractivity (Wildman–Crippen MR) is 124 cm³/mol. The van der Waals surface area contributed by atoms with E-state index in [0.717, 1.165) is 16.1 Å². The van der Waals surface area contributed by atoms with E-state index in [1.165, 1.54) is 22.5 Å². The van der Waals surface area contributed by atoms with Crippen LogP contribution in [0.5, 0.6) is 0 Å². The van der Waals surface area contributed by atoms with Gasteiger partial charge >= 0.3 is 0 Å². The van der Waals surface area contributed by atoms with E-state index in [1.807, 2.05) is 6.92 Å². The Morgan fingerprint density at radius 3 is 2.15 bits per heavy atom. The lowest BCUT2D eigenvalue weighted by Gasteiger charge is -2.34. The molecule has 0 bridgehead atoms. The van der Waals surface area contributed by atoms with Crippen LogP contribution in [-0.4, -0.2) is 70.9 Å². The zero-order valence-electron chi connectivity index (χ0n) is 18.6. The topological polar surface area (TPSA) is 95.1 Å². The molecule has 1 fully saturated rings. The van der Waals surface area contributed by atoms with Gasteiger partial charge in [-0.1, -0.05) is 29.8 Å². The molecule has 0 spiro atoms. The largest absolute Gasteiger partial charge is 0.340 e. The number of carbonyl (C=O) groups excluding carboxylic acids is 1. The van der Waals surface area contributed by atoms with Crippen LogP contribution in [0, 0.1) is 12.7 Å². The van der Waals surface area contributed by atoms with Gasteiger partial charge in [0.15, 0.2) is 0 Å². The Hall–Kier alpha value is -2.50. The lowest BCUT2D eigenvalue weighted by atomic mass is 10.2. The van der Waals surface area contributed by atoms with Crippen LogP contribution in [-0.2, 0) is 24.8 Å². The summed E-state index contributed by atoms with van der Waals surface area (Å²) >= 11 is 0. The fourth-order valence-electron chi connectivity index (χ4n) is 3.69. The van der Waals surface area contributed by atoms with Crippen LogP contribution in [0.4, 0.5) is 10.1 Å². The first-order valence-corrected chi connectivity index (χ1v) is 13.9. The molecule has 33 heavy (non-hydrogen) atoms. The lowest BCUT2D eigenvalue weighted by molar-refractivity contribution is -0.132. The van der Waals surface area contributed by atoms with Crippen molar-refractivity contribution in [2.24, 2.45) is 0 Å². The summed E-state index contributed by atoms with van der Waals surface area (Å²) in [6.07, 6.45) is 1.28. The van der Waals surface area contributed by atoms with E-state index in [1.54, 1.807) is 35.2 Å². The predicted octanol–water partition coefficient (Wildman–Crippen LogP) is 2.21. The van der Waals surface area contributed by atoms with Crippen LogP contribution in [0.3, 0.4) is 0 Å². The van der Waals surface area contributed by atoms with Crippen LogP contribution < -0.4 is 4.31 Å². The Balaban J connectivity index is 1.55. The summed E-state index contributed by atoms with van der Waals surface area (Å²) in [6.45, 7) is 2.74. The number of hydrogen-bond acceptors (Lipinski definition) is 5. The molecule has 0 aliphatic carbocycles. The van der Waals surface area contributed by atoms with Crippen molar-refractivity contribution in [2.45, 2.75) is 24.7 Å². The molecule has 2 aromatic rings. The minimum atomic E-state index is -3.72. The van der Waals surface area contributed by atoms with Gasteiger partial charge in [0, 0.05) is 39.1 Å². The Labute approximate surface area is 194 Å². The van der Waals surface area contributed by atoms with E-state index in [9.17, 15) is 26.0 Å². The molecule has 1 saturated heterocycles. The highest BCUT2D eigenvalue weighted by atomic mass is 32.2. The average molecular weight is 498 g/mol. The third-order valence-electron chi connectivity index (χ3n) is 5.52. The van der Waals surface area contributed by atoms with E-state index in [-0.39, 0.29) is 62.1 Å². The third-order valence-corrected chi connectivity index (χ3v) is 8.62. The molecule has 1 amide bonds. The van der Waals surface area contributed by atoms with Crippen LogP contribution in [0.15, 0.2) is 53.4 Å². The van der Waals surface area contributed by atoms with E-state index in [4.69, 9.17) is 0 Å². The number of rotatable bonds is 8. The first-order valence-electron chi connectivity index (χ1n) is 10.6. The number of piperazine rings is 1. The summed E-state index contributed by atoms with van der Waals surface area (Å²) in [6, 6.07) is 12.2. The number of sulfonamides is 2. The van der Waals surface area contributed by atoms with Crippen molar-refractivity contribution in [2.75, 3.05) is 43.3 Å². The maximum atomic E-state index is 14.1. The van der Waals surface area contributed by atoms with Gasteiger partial charge in [0.2, 0.25) is 26.0 Å². The smallest absolute Gasteiger partial charge is 0.243 e. The normalized spacial score (nSPS) is 15.4. The number of hydrogen-bond donors (Lipinski definition) is 0. The Bertz CT molecular complexity index is 1190. The summed E-state index contributed by atoms with van der Waals surface area (Å²) in [5.74, 6) is -0.843. The standard InChI is InChI=1S/C22H28FN3O5S2/c1-18-9-11-19(12-10-18)33(30,31)25-16-14-24(15-17-25)22(27)8-5-13-26(32(2,28)29)21-7-4-3-6-20(21)23/h3-4,6-7,9-12H,5,8,13-17H2,1-2H3. The second kappa shape index (κ2) is 10.2. The molecule has 3 rings (SSSR count). The number of amides is 1. The quantitative estimate of drug-likeness (QED) is 0.557. The number of carbonyl (C=O) groups is 1. The van der Waals surface area contributed by atoms with E-state index < -0.39 is 25.9 Å². The molecule has 1 aliphatic heterocycles. The molecule has 2 aromatic carbocycles. The minimum Gasteiger partial charge on any atom is -0.340 e. The highest BCUT2D eigenvalue weighted by molar-refractivity contribution is 7.92. The van der Waals surface area contributed by atoms with Crippen molar-refractivity contribution in [1.82, 2.24) is 9.21 Å². The molecule has 0 aromatic heterocycles. The molecule has 0 unspecified atom stereocenters. The summed E-state index contributed by atoms with van der Waals surface area (Å²) in [5.41, 5.74) is 0.913. The van der Waals surface area contributed by atoms with Crippen molar-refractivity contribution < 1.29 is 26.0 Å². The zero-order valence-corrected chi connectivity index (χ0v) is 20.3. The molecular weight excluding hydrogens is 469 g/mol. The van der Waals surface area contributed by atoms with Gasteiger partial charge in [0.05, 0.1) is 16.8 Å². The molecule has 0 saturated carbocycles. The first-order chi connectivity index (χ1) is 15.5. The molecular formula is C22H28FN3O5S2. The van der Waals surface area contributed by atoms with Crippen molar-refractivity contribution >= 4 is 31.6 Å². The average Bonchev–Trinajstić information content (AvgIpc) is 2.77. The number of aryl methyl sites for hydroxylation is 1. The molecule has 0 atom stereocenters. The monoisotopic (exact) mass is 497 g/mol. The van der Waals surface area contributed by atoms with Crippen LogP contribution in [0.25, 0.3) is 0 Å². The minimum absolute atomic E-state index is 0.0344. The van der Waals surface area contributed by atoms with Gasteiger partial charge < -0.3 is 4.90 Å². The number of para-hydroxylation sites is 1. The molecule has 0 radical (unpaired) electrons. The molecule has 11 heteroatoms. The van der Waals surface area contributed by atoms with Crippen LogP contribution in [0.2, 0.25) is 0 Å². The lowest BCUT2D eigenvalue weighted by Crippen LogP contribution is -2.50. The second-order valence-corrected chi connectivity index (χ2v) is 11.8. The Kier molecular flexibility index (Phi) is 7.76. The van der Waals surface area contributed by atoms with Gasteiger partial charge in [-0.15, -0.1) is 0 Å². The van der Waals surface area contributed by atoms with Crippen molar-refractivity contribution in [3.05, 3.63) is 59.9 Å². The highest BCUT2D eigenvalue weighted by Gasteiger charge is 2.30. The summed E-state index contributed by atoms with van der Waals surface area (Å²) < 4.78 is 66.3. The summed E-state index contributed by atoms with van der Waals surface area (Å²) in [4.78, 5) is 14.4. The van der Waals surface area contributed by atoms with Gasteiger partial charge in [-0.3, -0.25) is 9.10 Å². The Morgan fingerprint density at radius 2 is 1.58 bits per heavy atom. The molecule has 8 nitrogen and oxygen atoms in total. The second-order valence-electron chi connectivity index (χ2n) is 7.99. The van der Waals surface area contributed by atoms with Gasteiger partial charge in [-0.05, 0) is 37.6 Å². The van der Waals surface area contributed by atoms with Gasteiger partial charge in [-0.2, -0.15) is 4.31 Å². The summed E-state index contributed by atoms with van der Waals surface area (Å²) in [5, 5.41) is 0. The fourth-order valence-corrected chi connectivity index (χ4v) is 6.08. The first kappa shape index (κ1) is 25.1. The SMILES string of the molecule is Cc1ccc(S(=O)(=O)N2CCN(C(=O)CCCN(c3ccccc3F)S(C)(=O)=O)CC2)cc1. The van der Waals surface area contributed by atoms with Crippen molar-refractivity contribution in [3.63, 3.8) is 0 Å².